The van der Waals surface area contributed by atoms with E-state index in [2.05, 4.69) is 0 Å². The zero-order valence-electron chi connectivity index (χ0n) is 3.45. The van der Waals surface area contributed by atoms with Crippen LogP contribution in [0.1, 0.15) is 0 Å². The van der Waals surface area contributed by atoms with Crippen LogP contribution in [-0.4, -0.2) is 45.8 Å². The van der Waals surface area contributed by atoms with E-state index in [-0.39, 0.29) is 19.8 Å². The summed E-state index contributed by atoms with van der Waals surface area (Å²) < 4.78 is 0. The Morgan fingerprint density at radius 2 is 1.00 bits per heavy atom. The molecule has 0 aromatic heterocycles. The Balaban J connectivity index is 0. The first-order valence-electron chi connectivity index (χ1n) is 1.34. The van der Waals surface area contributed by atoms with E-state index in [4.69, 9.17) is 0 Å². The average molecular weight is 132 g/mol. The van der Waals surface area contributed by atoms with Crippen LogP contribution in [0.2, 0.25) is 0 Å². The van der Waals surface area contributed by atoms with Crippen molar-refractivity contribution in [2.45, 2.75) is 0 Å². The molecule has 0 spiro atoms. The van der Waals surface area contributed by atoms with Gasteiger partial charge >= 0.3 is 19.8 Å². The first-order valence-corrected chi connectivity index (χ1v) is 1.34. The van der Waals surface area contributed by atoms with Crippen molar-refractivity contribution < 1.29 is 0 Å². The molecule has 0 saturated heterocycles. The molecule has 5 heavy (non-hydrogen) atoms. The molecule has 0 unspecified atom stereocenters. The van der Waals surface area contributed by atoms with Crippen LogP contribution >= 0.6 is 0 Å². The molecule has 0 aliphatic carbocycles. The van der Waals surface area contributed by atoms with Crippen molar-refractivity contribution in [1.29, 1.82) is 0 Å². The molecule has 0 heterocycles. The molecule has 0 radical (unpaired) electrons. The molecule has 0 aliphatic rings. The molecule has 32 valence electrons. The maximum absolute atomic E-state index is 2.00. The van der Waals surface area contributed by atoms with Crippen molar-refractivity contribution in [3.63, 3.8) is 0 Å². The van der Waals surface area contributed by atoms with Gasteiger partial charge in [-0.25, -0.2) is 0 Å². The van der Waals surface area contributed by atoms with Gasteiger partial charge in [-0.05, 0) is 21.1 Å². The third-order valence-electron chi connectivity index (χ3n) is 0. The molecule has 0 atom stereocenters. The van der Waals surface area contributed by atoms with E-state index in [0.29, 0.717) is 0 Å². The van der Waals surface area contributed by atoms with Crippen LogP contribution in [0.4, 0.5) is 0 Å². The van der Waals surface area contributed by atoms with Gasteiger partial charge in [0.05, 0.1) is 0 Å². The second-order valence-electron chi connectivity index (χ2n) is 1.34. The number of hydrogen-bond donors (Lipinski definition) is 0. The number of nitrogens with zero attached hydrogens (tertiary/aromatic N) is 1. The summed E-state index contributed by atoms with van der Waals surface area (Å²) in [5.74, 6) is 0. The molecule has 0 aliphatic heterocycles. The monoisotopic (exact) mass is 131 g/mol. The summed E-state index contributed by atoms with van der Waals surface area (Å²) in [4.78, 5) is 2.00. The Labute approximate surface area is 46.4 Å². The molecule has 0 aromatic rings. The minimum absolute atomic E-state index is 0. The molecule has 0 fully saturated rings. The normalized spacial score (nSPS) is 7.20. The summed E-state index contributed by atoms with van der Waals surface area (Å²) in [6.45, 7) is 0. The molecular formula is C3H12GaN. The topological polar surface area (TPSA) is 3.24 Å². The molecule has 0 saturated carbocycles. The molecule has 0 N–H and O–H groups in total. The second-order valence-corrected chi connectivity index (χ2v) is 1.34. The van der Waals surface area contributed by atoms with Crippen LogP contribution in [0.5, 0.6) is 0 Å². The number of rotatable bonds is 0. The molecule has 1 nitrogen and oxygen atoms in total. The van der Waals surface area contributed by atoms with Gasteiger partial charge in [-0.1, -0.05) is 0 Å². The summed E-state index contributed by atoms with van der Waals surface area (Å²) in [6, 6.07) is 0. The molecule has 0 amide bonds. The zero-order chi connectivity index (χ0) is 3.58. The fourth-order valence-electron chi connectivity index (χ4n) is 0. The van der Waals surface area contributed by atoms with E-state index >= 15 is 0 Å². The predicted molar refractivity (Wildman–Crippen MR) is 29.5 cm³/mol. The van der Waals surface area contributed by atoms with E-state index in [0.717, 1.165) is 0 Å². The van der Waals surface area contributed by atoms with Gasteiger partial charge in [0.15, 0.2) is 0 Å². The van der Waals surface area contributed by atoms with Gasteiger partial charge in [-0.15, -0.1) is 0 Å². The van der Waals surface area contributed by atoms with E-state index < -0.39 is 0 Å². The molecule has 2 heteroatoms. The Hall–Kier alpha value is 0.596. The van der Waals surface area contributed by atoms with Crippen molar-refractivity contribution in [3.05, 3.63) is 0 Å². The summed E-state index contributed by atoms with van der Waals surface area (Å²) >= 11 is 0. The first kappa shape index (κ1) is 9.14. The van der Waals surface area contributed by atoms with Gasteiger partial charge in [0.25, 0.3) is 0 Å². The van der Waals surface area contributed by atoms with Crippen LogP contribution in [0.3, 0.4) is 0 Å². The fraction of sp³-hybridized carbons (Fsp3) is 1.00. The Morgan fingerprint density at radius 3 is 1.00 bits per heavy atom. The predicted octanol–water partition coefficient (Wildman–Crippen LogP) is -1.01. The Kier molecular flexibility index (Phi) is 8.40. The third kappa shape index (κ3) is 87.1. The van der Waals surface area contributed by atoms with Gasteiger partial charge in [-0.3, -0.25) is 0 Å². The van der Waals surface area contributed by atoms with Gasteiger partial charge in [0.1, 0.15) is 0 Å². The third-order valence-corrected chi connectivity index (χ3v) is 0. The van der Waals surface area contributed by atoms with Crippen LogP contribution in [0.25, 0.3) is 0 Å². The quantitative estimate of drug-likeness (QED) is 0.382. The molecule has 0 bridgehead atoms. The Bertz CT molecular complexity index is 11.6. The Morgan fingerprint density at radius 1 is 1.00 bits per heavy atom. The van der Waals surface area contributed by atoms with E-state index in [1.165, 1.54) is 0 Å². The molecule has 0 rings (SSSR count). The van der Waals surface area contributed by atoms with Crippen LogP contribution in [-0.2, 0) is 0 Å². The zero-order valence-corrected chi connectivity index (χ0v) is 3.45. The number of hydrogen-bond acceptors (Lipinski definition) is 1. The van der Waals surface area contributed by atoms with Crippen LogP contribution in [0.15, 0.2) is 0 Å². The van der Waals surface area contributed by atoms with Crippen molar-refractivity contribution >= 4 is 19.8 Å². The van der Waals surface area contributed by atoms with E-state index in [1.807, 2.05) is 26.0 Å². The summed E-state index contributed by atoms with van der Waals surface area (Å²) in [7, 11) is 6.00. The van der Waals surface area contributed by atoms with Crippen molar-refractivity contribution in [1.82, 2.24) is 4.90 Å². The first-order chi connectivity index (χ1) is 1.73. The standard InChI is InChI=1S/C3H9N.Ga.3H/c1-4(2)3;;;;/h1-3H3;;;;. The fourth-order valence-corrected chi connectivity index (χ4v) is 0. The van der Waals surface area contributed by atoms with Crippen molar-refractivity contribution in [3.8, 4) is 0 Å². The van der Waals surface area contributed by atoms with Crippen molar-refractivity contribution in [2.75, 3.05) is 21.1 Å². The van der Waals surface area contributed by atoms with Gasteiger partial charge < -0.3 is 4.90 Å². The SMILES string of the molecule is CN(C)C.[GaH3]. The van der Waals surface area contributed by atoms with Gasteiger partial charge in [0, 0.05) is 0 Å². The van der Waals surface area contributed by atoms with Crippen LogP contribution in [0, 0.1) is 0 Å². The summed E-state index contributed by atoms with van der Waals surface area (Å²) in [6.07, 6.45) is 0. The van der Waals surface area contributed by atoms with Crippen molar-refractivity contribution in [2.24, 2.45) is 0 Å². The average Bonchev–Trinajstić information content (AvgIpc) is 0.811. The van der Waals surface area contributed by atoms with E-state index in [9.17, 15) is 0 Å². The summed E-state index contributed by atoms with van der Waals surface area (Å²) in [5, 5.41) is 0. The minimum atomic E-state index is 0. The molecule has 0 aromatic carbocycles. The van der Waals surface area contributed by atoms with Gasteiger partial charge in [0.2, 0.25) is 0 Å². The van der Waals surface area contributed by atoms with Gasteiger partial charge in [-0.2, -0.15) is 0 Å². The maximum atomic E-state index is 2.00. The molecular weight excluding hydrogens is 120 g/mol. The summed E-state index contributed by atoms with van der Waals surface area (Å²) in [5.41, 5.74) is 0. The van der Waals surface area contributed by atoms with E-state index in [1.54, 1.807) is 0 Å². The van der Waals surface area contributed by atoms with Crippen LogP contribution < -0.4 is 0 Å². The second kappa shape index (κ2) is 4.60.